The van der Waals surface area contributed by atoms with Crippen molar-refractivity contribution < 1.29 is 19.0 Å². The highest BCUT2D eigenvalue weighted by Crippen LogP contribution is 2.52. The molecule has 0 spiro atoms. The van der Waals surface area contributed by atoms with Gasteiger partial charge in [-0.15, -0.1) is 0 Å². The van der Waals surface area contributed by atoms with Crippen LogP contribution in [0.2, 0.25) is 0 Å². The van der Waals surface area contributed by atoms with Crippen molar-refractivity contribution in [2.24, 2.45) is 5.41 Å². The summed E-state index contributed by atoms with van der Waals surface area (Å²) in [6.45, 7) is 5.01. The van der Waals surface area contributed by atoms with E-state index in [0.717, 1.165) is 57.3 Å². The summed E-state index contributed by atoms with van der Waals surface area (Å²) >= 11 is 0. The molecule has 172 valence electrons. The molecule has 3 aromatic rings. The van der Waals surface area contributed by atoms with Gasteiger partial charge in [0.25, 0.3) is 0 Å². The van der Waals surface area contributed by atoms with Gasteiger partial charge in [-0.25, -0.2) is 0 Å². The van der Waals surface area contributed by atoms with Crippen LogP contribution in [0, 0.1) is 5.41 Å². The fraction of sp³-hybridized carbons (Fsp3) is 0.276. The molecule has 0 saturated heterocycles. The van der Waals surface area contributed by atoms with Crippen LogP contribution in [0.25, 0.3) is 0 Å². The second-order valence-corrected chi connectivity index (χ2v) is 10.0. The van der Waals surface area contributed by atoms with Crippen molar-refractivity contribution in [1.29, 1.82) is 0 Å². The van der Waals surface area contributed by atoms with Crippen molar-refractivity contribution in [3.8, 4) is 17.2 Å². The van der Waals surface area contributed by atoms with Crippen LogP contribution in [-0.2, 0) is 11.4 Å². The van der Waals surface area contributed by atoms with Gasteiger partial charge in [0.2, 0.25) is 6.79 Å². The Labute approximate surface area is 199 Å². The van der Waals surface area contributed by atoms with Gasteiger partial charge < -0.3 is 19.5 Å². The Morgan fingerprint density at radius 2 is 1.76 bits per heavy atom. The van der Waals surface area contributed by atoms with Gasteiger partial charge in [0.05, 0.1) is 0 Å². The van der Waals surface area contributed by atoms with E-state index in [2.05, 4.69) is 43.4 Å². The first-order valence-corrected chi connectivity index (χ1v) is 11.7. The smallest absolute Gasteiger partial charge is 0.231 e. The predicted molar refractivity (Wildman–Crippen MR) is 130 cm³/mol. The number of carbonyl (C=O) groups is 1. The van der Waals surface area contributed by atoms with Gasteiger partial charge in [0, 0.05) is 35.4 Å². The standard InChI is InChI=1S/C29H27NO4/c1-29(2)14-23-28(24(31)15-29)27(21-12-25-26(34-17-33-25)13-22(21)30-23)19-9-6-10-20(11-19)32-16-18-7-4-3-5-8-18/h3-13,27,30H,14-17H2,1-2H3/t27-/m1/s1. The van der Waals surface area contributed by atoms with Gasteiger partial charge in [-0.05, 0) is 46.7 Å². The lowest BCUT2D eigenvalue weighted by molar-refractivity contribution is -0.118. The van der Waals surface area contributed by atoms with Crippen molar-refractivity contribution >= 4 is 11.5 Å². The van der Waals surface area contributed by atoms with Crippen LogP contribution in [0.4, 0.5) is 5.69 Å². The SMILES string of the molecule is CC1(C)CC(=O)C2=C(C1)Nc1cc3c(cc1[C@H]2c1cccc(OCc2ccccc2)c1)OCO3. The highest BCUT2D eigenvalue weighted by molar-refractivity contribution is 6.01. The summed E-state index contributed by atoms with van der Waals surface area (Å²) in [4.78, 5) is 13.5. The maximum Gasteiger partial charge on any atom is 0.231 e. The molecule has 0 unspecified atom stereocenters. The zero-order chi connectivity index (χ0) is 23.3. The Kier molecular flexibility index (Phi) is 4.87. The van der Waals surface area contributed by atoms with Crippen molar-refractivity contribution in [2.45, 2.75) is 39.2 Å². The van der Waals surface area contributed by atoms with E-state index >= 15 is 0 Å². The average Bonchev–Trinajstić information content (AvgIpc) is 3.27. The summed E-state index contributed by atoms with van der Waals surface area (Å²) in [6, 6.07) is 22.2. The van der Waals surface area contributed by atoms with Crippen LogP contribution < -0.4 is 19.5 Å². The van der Waals surface area contributed by atoms with E-state index < -0.39 is 0 Å². The number of allylic oxidation sites excluding steroid dienone is 2. The molecule has 5 nitrogen and oxygen atoms in total. The van der Waals surface area contributed by atoms with Crippen LogP contribution in [0.1, 0.15) is 49.3 Å². The van der Waals surface area contributed by atoms with E-state index in [1.54, 1.807) is 0 Å². The predicted octanol–water partition coefficient (Wildman–Crippen LogP) is 6.19. The molecule has 0 bridgehead atoms. The third-order valence-electron chi connectivity index (χ3n) is 6.79. The summed E-state index contributed by atoms with van der Waals surface area (Å²) in [5, 5.41) is 3.57. The Morgan fingerprint density at radius 3 is 2.59 bits per heavy atom. The van der Waals surface area contributed by atoms with E-state index in [9.17, 15) is 4.79 Å². The highest BCUT2D eigenvalue weighted by atomic mass is 16.7. The minimum Gasteiger partial charge on any atom is -0.489 e. The summed E-state index contributed by atoms with van der Waals surface area (Å²) in [5.74, 6) is 2.24. The van der Waals surface area contributed by atoms with Crippen LogP contribution in [0.5, 0.6) is 17.2 Å². The largest absolute Gasteiger partial charge is 0.489 e. The van der Waals surface area contributed by atoms with Crippen molar-refractivity contribution in [2.75, 3.05) is 12.1 Å². The molecule has 0 aromatic heterocycles. The van der Waals surface area contributed by atoms with Crippen molar-refractivity contribution in [1.82, 2.24) is 0 Å². The van der Waals surface area contributed by atoms with E-state index in [4.69, 9.17) is 14.2 Å². The normalized spacial score (nSPS) is 19.8. The average molecular weight is 454 g/mol. The summed E-state index contributed by atoms with van der Waals surface area (Å²) in [5.41, 5.74) is 5.92. The molecule has 2 heterocycles. The second-order valence-electron chi connectivity index (χ2n) is 10.0. The van der Waals surface area contributed by atoms with Crippen LogP contribution in [-0.4, -0.2) is 12.6 Å². The monoisotopic (exact) mass is 453 g/mol. The summed E-state index contributed by atoms with van der Waals surface area (Å²) in [7, 11) is 0. The van der Waals surface area contributed by atoms with E-state index in [1.165, 1.54) is 0 Å². The van der Waals surface area contributed by atoms with Crippen molar-refractivity contribution in [3.05, 3.63) is 94.7 Å². The Hall–Kier alpha value is -3.73. The van der Waals surface area contributed by atoms with Gasteiger partial charge in [-0.3, -0.25) is 4.79 Å². The summed E-state index contributed by atoms with van der Waals surface area (Å²) in [6.07, 6.45) is 1.36. The lowest BCUT2D eigenvalue weighted by atomic mass is 9.68. The number of ketones is 1. The van der Waals surface area contributed by atoms with E-state index in [-0.39, 0.29) is 23.9 Å². The van der Waals surface area contributed by atoms with Gasteiger partial charge in [-0.2, -0.15) is 0 Å². The molecule has 1 N–H and O–H groups in total. The number of anilines is 1. The number of ether oxygens (including phenoxy) is 3. The fourth-order valence-corrected chi connectivity index (χ4v) is 5.28. The number of hydrogen-bond acceptors (Lipinski definition) is 5. The molecule has 1 aliphatic carbocycles. The fourth-order valence-electron chi connectivity index (χ4n) is 5.28. The Bertz CT molecular complexity index is 1310. The van der Waals surface area contributed by atoms with E-state index in [0.29, 0.717) is 13.0 Å². The molecule has 0 fully saturated rings. The zero-order valence-corrected chi connectivity index (χ0v) is 19.4. The van der Waals surface area contributed by atoms with E-state index in [1.807, 2.05) is 42.5 Å². The molecule has 5 heteroatoms. The minimum absolute atomic E-state index is 0.0814. The van der Waals surface area contributed by atoms with Crippen LogP contribution in [0.3, 0.4) is 0 Å². The molecule has 0 amide bonds. The molecule has 3 aromatic carbocycles. The second kappa shape index (κ2) is 7.94. The molecule has 0 radical (unpaired) electrons. The van der Waals surface area contributed by atoms with Gasteiger partial charge in [-0.1, -0.05) is 56.3 Å². The molecule has 6 rings (SSSR count). The lowest BCUT2D eigenvalue weighted by Gasteiger charge is -2.39. The first-order valence-electron chi connectivity index (χ1n) is 11.7. The number of fused-ring (bicyclic) bond motifs is 2. The van der Waals surface area contributed by atoms with Crippen molar-refractivity contribution in [3.63, 3.8) is 0 Å². The maximum absolute atomic E-state index is 13.5. The number of benzene rings is 3. The van der Waals surface area contributed by atoms with Gasteiger partial charge in [0.1, 0.15) is 12.4 Å². The Balaban J connectivity index is 1.42. The first kappa shape index (κ1) is 20.8. The van der Waals surface area contributed by atoms with Gasteiger partial charge in [0.15, 0.2) is 17.3 Å². The number of nitrogens with one attached hydrogen (secondary N) is 1. The lowest BCUT2D eigenvalue weighted by Crippen LogP contribution is -2.33. The molecule has 1 atom stereocenters. The Morgan fingerprint density at radius 1 is 0.971 bits per heavy atom. The topological polar surface area (TPSA) is 56.8 Å². The quantitative estimate of drug-likeness (QED) is 0.510. The summed E-state index contributed by atoms with van der Waals surface area (Å²) < 4.78 is 17.4. The molecule has 2 aliphatic heterocycles. The number of hydrogen-bond donors (Lipinski definition) is 1. The third kappa shape index (κ3) is 3.71. The zero-order valence-electron chi connectivity index (χ0n) is 19.4. The maximum atomic E-state index is 13.5. The molecular weight excluding hydrogens is 426 g/mol. The third-order valence-corrected chi connectivity index (χ3v) is 6.79. The molecule has 34 heavy (non-hydrogen) atoms. The van der Waals surface area contributed by atoms with Crippen LogP contribution in [0.15, 0.2) is 78.0 Å². The first-order chi connectivity index (χ1) is 16.5. The number of Topliss-reactive ketones (excluding diaryl/α,β-unsaturated/α-hetero) is 1. The number of carbonyl (C=O) groups excluding carboxylic acids is 1. The number of rotatable bonds is 4. The molecule has 0 saturated carbocycles. The van der Waals surface area contributed by atoms with Gasteiger partial charge >= 0.3 is 0 Å². The van der Waals surface area contributed by atoms with Crippen LogP contribution >= 0.6 is 0 Å². The molecular formula is C29H27NO4. The minimum atomic E-state index is -0.190. The highest BCUT2D eigenvalue weighted by Gasteiger charge is 2.41. The molecule has 3 aliphatic rings.